The molecule has 8 nitrogen and oxygen atoms in total. The molecule has 1 aromatic heterocycles. The number of amides is 1. The second-order valence-corrected chi connectivity index (χ2v) is 8.34. The number of benzene rings is 1. The van der Waals surface area contributed by atoms with Crippen LogP contribution in [0.3, 0.4) is 0 Å². The van der Waals surface area contributed by atoms with Gasteiger partial charge in [0.15, 0.2) is 17.2 Å². The number of carbonyl (C=O) groups excluding carboxylic acids is 1. The van der Waals surface area contributed by atoms with Gasteiger partial charge in [0.25, 0.3) is 5.91 Å². The van der Waals surface area contributed by atoms with Gasteiger partial charge in [0.1, 0.15) is 0 Å². The first-order valence-electron chi connectivity index (χ1n) is 10.7. The smallest absolute Gasteiger partial charge is 0.273 e. The van der Waals surface area contributed by atoms with E-state index >= 15 is 0 Å². The highest BCUT2D eigenvalue weighted by atomic mass is 16.5. The number of rotatable bonds is 8. The van der Waals surface area contributed by atoms with Gasteiger partial charge in [-0.25, -0.2) is 4.68 Å². The third-order valence-electron chi connectivity index (χ3n) is 6.13. The summed E-state index contributed by atoms with van der Waals surface area (Å²) in [4.78, 5) is 14.7. The Hall–Kier alpha value is -2.61. The fraction of sp³-hybridized carbons (Fsp3) is 0.591. The maximum Gasteiger partial charge on any atom is 0.273 e. The van der Waals surface area contributed by atoms with Crippen LogP contribution in [0.2, 0.25) is 0 Å². The summed E-state index contributed by atoms with van der Waals surface area (Å²) < 4.78 is 12.6. The van der Waals surface area contributed by atoms with E-state index in [1.807, 2.05) is 10.7 Å². The third-order valence-corrected chi connectivity index (χ3v) is 6.13. The van der Waals surface area contributed by atoms with Gasteiger partial charge in [0, 0.05) is 25.2 Å². The summed E-state index contributed by atoms with van der Waals surface area (Å²) in [5.41, 5.74) is 1.66. The quantitative estimate of drug-likeness (QED) is 0.716. The highest BCUT2D eigenvalue weighted by Gasteiger charge is 2.27. The number of carbonyl (C=O) groups is 1. The van der Waals surface area contributed by atoms with E-state index in [1.165, 1.54) is 5.56 Å². The van der Waals surface area contributed by atoms with Crippen LogP contribution in [-0.2, 0) is 6.42 Å². The Kier molecular flexibility index (Phi) is 6.22. The van der Waals surface area contributed by atoms with E-state index in [0.29, 0.717) is 23.8 Å². The van der Waals surface area contributed by atoms with Gasteiger partial charge in [-0.3, -0.25) is 4.79 Å². The second-order valence-electron chi connectivity index (χ2n) is 8.34. The molecule has 0 spiro atoms. The summed E-state index contributed by atoms with van der Waals surface area (Å²) in [7, 11) is 3.32. The molecule has 2 heterocycles. The molecule has 1 aromatic carbocycles. The summed E-state index contributed by atoms with van der Waals surface area (Å²) in [5, 5.41) is 11.3. The third kappa shape index (κ3) is 4.75. The Morgan fingerprint density at radius 3 is 2.57 bits per heavy atom. The van der Waals surface area contributed by atoms with E-state index in [2.05, 4.69) is 39.6 Å². The summed E-state index contributed by atoms with van der Waals surface area (Å²) in [6, 6.07) is 7.19. The lowest BCUT2D eigenvalue weighted by Gasteiger charge is -2.36. The zero-order valence-corrected chi connectivity index (χ0v) is 18.0. The van der Waals surface area contributed by atoms with E-state index in [1.54, 1.807) is 20.4 Å². The van der Waals surface area contributed by atoms with Crippen LogP contribution in [0, 0.1) is 0 Å². The number of hydrogen-bond donors (Lipinski definition) is 1. The molecular formula is C22H31N5O3. The van der Waals surface area contributed by atoms with Crippen molar-refractivity contribution in [1.29, 1.82) is 0 Å². The molecule has 1 N–H and O–H groups in total. The standard InChI is InChI=1S/C22H31N5O3/c1-15(12-16-4-7-20(29-2)21(13-16)30-3)26-10-8-18(9-11-26)27-14-19(24-25-27)22(28)23-17-5-6-17/h4,7,13-15,17-18H,5-6,8-12H2,1-3H3,(H,23,28). The molecule has 1 atom stereocenters. The average molecular weight is 414 g/mol. The van der Waals surface area contributed by atoms with Crippen LogP contribution in [0.15, 0.2) is 24.4 Å². The summed E-state index contributed by atoms with van der Waals surface area (Å²) in [6.45, 7) is 4.28. The van der Waals surface area contributed by atoms with Crippen LogP contribution in [0.5, 0.6) is 11.5 Å². The SMILES string of the molecule is COc1ccc(CC(C)N2CCC(n3cc(C(=O)NC4CC4)nn3)CC2)cc1OC. The van der Waals surface area contributed by atoms with Crippen LogP contribution in [0.1, 0.15) is 54.7 Å². The predicted octanol–water partition coefficient (Wildman–Crippen LogP) is 2.46. The molecule has 1 amide bonds. The predicted molar refractivity (Wildman–Crippen MR) is 113 cm³/mol. The Bertz CT molecular complexity index is 871. The van der Waals surface area contributed by atoms with Crippen LogP contribution in [0.4, 0.5) is 0 Å². The molecule has 0 bridgehead atoms. The minimum atomic E-state index is -0.107. The molecular weight excluding hydrogens is 382 g/mol. The van der Waals surface area contributed by atoms with Gasteiger partial charge in [0.2, 0.25) is 0 Å². The first kappa shape index (κ1) is 20.7. The van der Waals surface area contributed by atoms with Crippen molar-refractivity contribution in [1.82, 2.24) is 25.2 Å². The number of likely N-dealkylation sites (tertiary alicyclic amines) is 1. The Balaban J connectivity index is 1.30. The highest BCUT2D eigenvalue weighted by Crippen LogP contribution is 2.29. The van der Waals surface area contributed by atoms with Crippen molar-refractivity contribution in [3.63, 3.8) is 0 Å². The van der Waals surface area contributed by atoms with E-state index in [-0.39, 0.29) is 5.91 Å². The molecule has 1 saturated carbocycles. The van der Waals surface area contributed by atoms with Crippen LogP contribution >= 0.6 is 0 Å². The second kappa shape index (κ2) is 9.04. The van der Waals surface area contributed by atoms with Gasteiger partial charge in [0.05, 0.1) is 26.5 Å². The number of nitrogens with one attached hydrogen (secondary N) is 1. The van der Waals surface area contributed by atoms with Crippen molar-refractivity contribution < 1.29 is 14.3 Å². The molecule has 0 radical (unpaired) electrons. The molecule has 162 valence electrons. The minimum Gasteiger partial charge on any atom is -0.493 e. The molecule has 8 heteroatoms. The zero-order chi connectivity index (χ0) is 21.1. The van der Waals surface area contributed by atoms with Crippen molar-refractivity contribution in [2.75, 3.05) is 27.3 Å². The number of nitrogens with zero attached hydrogens (tertiary/aromatic N) is 4. The number of hydrogen-bond acceptors (Lipinski definition) is 6. The number of ether oxygens (including phenoxy) is 2. The molecule has 2 fully saturated rings. The fourth-order valence-electron chi connectivity index (χ4n) is 4.12. The zero-order valence-electron chi connectivity index (χ0n) is 18.0. The van der Waals surface area contributed by atoms with Crippen LogP contribution in [0.25, 0.3) is 0 Å². The number of aromatic nitrogens is 3. The maximum atomic E-state index is 12.1. The maximum absolute atomic E-state index is 12.1. The van der Waals surface area contributed by atoms with Crippen molar-refractivity contribution in [3.8, 4) is 11.5 Å². The lowest BCUT2D eigenvalue weighted by atomic mass is 10.00. The lowest BCUT2D eigenvalue weighted by Crippen LogP contribution is -2.41. The van der Waals surface area contributed by atoms with E-state index in [9.17, 15) is 4.79 Å². The first-order valence-corrected chi connectivity index (χ1v) is 10.7. The van der Waals surface area contributed by atoms with Crippen molar-refractivity contribution in [3.05, 3.63) is 35.7 Å². The molecule has 2 aromatic rings. The van der Waals surface area contributed by atoms with Gasteiger partial charge in [-0.2, -0.15) is 0 Å². The molecule has 1 saturated heterocycles. The highest BCUT2D eigenvalue weighted by molar-refractivity contribution is 5.92. The van der Waals surface area contributed by atoms with Crippen molar-refractivity contribution in [2.24, 2.45) is 0 Å². The molecule has 1 aliphatic heterocycles. The van der Waals surface area contributed by atoms with Crippen LogP contribution in [-0.4, -0.2) is 65.2 Å². The molecule has 1 aliphatic carbocycles. The normalized spacial score (nSPS) is 18.8. The monoisotopic (exact) mass is 413 g/mol. The van der Waals surface area contributed by atoms with Gasteiger partial charge in [-0.1, -0.05) is 11.3 Å². The Morgan fingerprint density at radius 1 is 1.17 bits per heavy atom. The van der Waals surface area contributed by atoms with Gasteiger partial charge in [-0.05, 0) is 56.7 Å². The molecule has 4 rings (SSSR count). The first-order chi connectivity index (χ1) is 14.6. The van der Waals surface area contributed by atoms with Gasteiger partial charge >= 0.3 is 0 Å². The fourth-order valence-corrected chi connectivity index (χ4v) is 4.12. The lowest BCUT2D eigenvalue weighted by molar-refractivity contribution is 0.0946. The van der Waals surface area contributed by atoms with Crippen LogP contribution < -0.4 is 14.8 Å². The minimum absolute atomic E-state index is 0.107. The van der Waals surface area contributed by atoms with Crippen molar-refractivity contribution in [2.45, 2.75) is 57.2 Å². The molecule has 1 unspecified atom stereocenters. The Labute approximate surface area is 177 Å². The number of methoxy groups -OCH3 is 2. The molecule has 30 heavy (non-hydrogen) atoms. The number of piperidine rings is 1. The average Bonchev–Trinajstić information content (AvgIpc) is 3.44. The summed E-state index contributed by atoms with van der Waals surface area (Å²) in [5.74, 6) is 1.42. The van der Waals surface area contributed by atoms with E-state index in [4.69, 9.17) is 9.47 Å². The van der Waals surface area contributed by atoms with E-state index < -0.39 is 0 Å². The summed E-state index contributed by atoms with van der Waals surface area (Å²) >= 11 is 0. The topological polar surface area (TPSA) is 81.5 Å². The molecule has 2 aliphatic rings. The largest absolute Gasteiger partial charge is 0.493 e. The Morgan fingerprint density at radius 2 is 1.90 bits per heavy atom. The van der Waals surface area contributed by atoms with Crippen molar-refractivity contribution >= 4 is 5.91 Å². The summed E-state index contributed by atoms with van der Waals surface area (Å²) in [6.07, 6.45) is 6.90. The van der Waals surface area contributed by atoms with Gasteiger partial charge < -0.3 is 19.7 Å². The van der Waals surface area contributed by atoms with E-state index in [0.717, 1.165) is 56.7 Å². The van der Waals surface area contributed by atoms with Gasteiger partial charge in [-0.15, -0.1) is 5.10 Å².